The quantitative estimate of drug-likeness (QED) is 0.451. The number of H-pyrrole nitrogens is 1. The van der Waals surface area contributed by atoms with Crippen LogP contribution in [0.1, 0.15) is 21.7 Å². The van der Waals surface area contributed by atoms with E-state index in [0.717, 1.165) is 34.1 Å². The molecule has 4 aromatic rings. The highest BCUT2D eigenvalue weighted by atomic mass is 32.1. The van der Waals surface area contributed by atoms with Crippen LogP contribution < -0.4 is 5.56 Å². The minimum absolute atomic E-state index is 0.256. The summed E-state index contributed by atoms with van der Waals surface area (Å²) in [5, 5.41) is 0.962. The second-order valence-corrected chi connectivity index (χ2v) is 8.99. The number of benzene rings is 2. The van der Waals surface area contributed by atoms with Crippen molar-refractivity contribution in [2.75, 3.05) is 6.54 Å². The highest BCUT2D eigenvalue weighted by Gasteiger charge is 2.30. The Kier molecular flexibility index (Phi) is 5.59. The van der Waals surface area contributed by atoms with E-state index < -0.39 is 11.7 Å². The van der Waals surface area contributed by atoms with E-state index in [2.05, 4.69) is 19.9 Å². The maximum Gasteiger partial charge on any atom is 0.416 e. The first kappa shape index (κ1) is 21.5. The van der Waals surface area contributed by atoms with Gasteiger partial charge in [-0.25, -0.2) is 9.97 Å². The molecule has 1 aliphatic heterocycles. The number of nitrogens with one attached hydrogen (secondary N) is 1. The van der Waals surface area contributed by atoms with Gasteiger partial charge in [-0.05, 0) is 12.1 Å². The molecule has 0 spiro atoms. The van der Waals surface area contributed by atoms with Gasteiger partial charge >= 0.3 is 6.18 Å². The fourth-order valence-electron chi connectivity index (χ4n) is 3.88. The summed E-state index contributed by atoms with van der Waals surface area (Å²) in [4.78, 5) is 27.9. The molecule has 33 heavy (non-hydrogen) atoms. The van der Waals surface area contributed by atoms with Gasteiger partial charge in [0.05, 0.1) is 16.8 Å². The summed E-state index contributed by atoms with van der Waals surface area (Å²) < 4.78 is 38.4. The first-order valence-corrected chi connectivity index (χ1v) is 11.2. The van der Waals surface area contributed by atoms with Gasteiger partial charge < -0.3 is 4.98 Å². The van der Waals surface area contributed by atoms with Crippen LogP contribution in [0.15, 0.2) is 65.6 Å². The molecule has 9 heteroatoms. The van der Waals surface area contributed by atoms with Gasteiger partial charge in [0.25, 0.3) is 5.56 Å². The summed E-state index contributed by atoms with van der Waals surface area (Å²) >= 11 is 1.63. The minimum Gasteiger partial charge on any atom is -0.306 e. The third-order valence-electron chi connectivity index (χ3n) is 5.59. The third kappa shape index (κ3) is 4.60. The summed E-state index contributed by atoms with van der Waals surface area (Å²) in [5.74, 6) is 0.288. The molecule has 2 aromatic heterocycles. The van der Waals surface area contributed by atoms with Crippen molar-refractivity contribution in [3.8, 4) is 22.0 Å². The predicted molar refractivity (Wildman–Crippen MR) is 121 cm³/mol. The zero-order valence-corrected chi connectivity index (χ0v) is 18.2. The van der Waals surface area contributed by atoms with Crippen LogP contribution in [-0.4, -0.2) is 26.4 Å². The van der Waals surface area contributed by atoms with E-state index in [1.807, 2.05) is 36.5 Å². The Balaban J connectivity index is 1.32. The molecule has 0 radical (unpaired) electrons. The van der Waals surface area contributed by atoms with Crippen LogP contribution in [0.4, 0.5) is 13.2 Å². The maximum atomic E-state index is 12.8. The van der Waals surface area contributed by atoms with Crippen LogP contribution in [0.5, 0.6) is 0 Å². The topological polar surface area (TPSA) is 61.9 Å². The summed E-state index contributed by atoms with van der Waals surface area (Å²) in [6, 6.07) is 14.6. The van der Waals surface area contributed by atoms with E-state index in [0.29, 0.717) is 36.3 Å². The predicted octanol–water partition coefficient (Wildman–Crippen LogP) is 5.14. The van der Waals surface area contributed by atoms with E-state index in [1.165, 1.54) is 12.1 Å². The molecule has 0 atom stereocenters. The molecule has 0 saturated heterocycles. The summed E-state index contributed by atoms with van der Waals surface area (Å²) in [5.41, 5.74) is 1.83. The zero-order chi connectivity index (χ0) is 23.0. The van der Waals surface area contributed by atoms with Crippen molar-refractivity contribution in [2.45, 2.75) is 25.7 Å². The zero-order valence-electron chi connectivity index (χ0n) is 17.4. The van der Waals surface area contributed by atoms with Crippen molar-refractivity contribution in [3.05, 3.63) is 92.8 Å². The molecule has 0 amide bonds. The molecule has 1 N–H and O–H groups in total. The Morgan fingerprint density at radius 3 is 2.52 bits per heavy atom. The molecular weight excluding hydrogens is 449 g/mol. The lowest BCUT2D eigenvalue weighted by atomic mass is 10.1. The number of nitrogens with zero attached hydrogens (tertiary/aromatic N) is 3. The van der Waals surface area contributed by atoms with Crippen LogP contribution in [0, 0.1) is 0 Å². The van der Waals surface area contributed by atoms with Crippen LogP contribution in [-0.2, 0) is 25.7 Å². The van der Waals surface area contributed by atoms with Crippen molar-refractivity contribution in [1.82, 2.24) is 19.9 Å². The number of aromatic amines is 1. The van der Waals surface area contributed by atoms with Gasteiger partial charge in [-0.15, -0.1) is 11.3 Å². The number of hydrogen-bond acceptors (Lipinski definition) is 5. The lowest BCUT2D eigenvalue weighted by molar-refractivity contribution is -0.137. The fraction of sp³-hybridized carbons (Fsp3) is 0.208. The smallest absolute Gasteiger partial charge is 0.306 e. The summed E-state index contributed by atoms with van der Waals surface area (Å²) in [6.45, 7) is 1.88. The highest BCUT2D eigenvalue weighted by molar-refractivity contribution is 7.15. The van der Waals surface area contributed by atoms with Crippen molar-refractivity contribution in [3.63, 3.8) is 0 Å². The summed E-state index contributed by atoms with van der Waals surface area (Å²) in [7, 11) is 0. The van der Waals surface area contributed by atoms with Crippen molar-refractivity contribution < 1.29 is 13.2 Å². The monoisotopic (exact) mass is 468 g/mol. The Bertz CT molecular complexity index is 1330. The number of alkyl halides is 3. The van der Waals surface area contributed by atoms with Crippen LogP contribution >= 0.6 is 11.3 Å². The van der Waals surface area contributed by atoms with E-state index in [1.54, 1.807) is 11.3 Å². The van der Waals surface area contributed by atoms with Crippen LogP contribution in [0.2, 0.25) is 0 Å². The number of hydrogen-bond donors (Lipinski definition) is 1. The third-order valence-corrected chi connectivity index (χ3v) is 6.62. The molecule has 0 bridgehead atoms. The Hall–Kier alpha value is -3.30. The first-order chi connectivity index (χ1) is 15.9. The molecule has 1 aliphatic rings. The number of halogens is 3. The maximum absolute atomic E-state index is 12.8. The summed E-state index contributed by atoms with van der Waals surface area (Å²) in [6.07, 6.45) is -1.94. The molecule has 0 unspecified atom stereocenters. The Morgan fingerprint density at radius 1 is 1.03 bits per heavy atom. The van der Waals surface area contributed by atoms with Crippen molar-refractivity contribution >= 4 is 11.3 Å². The average molecular weight is 469 g/mol. The number of aromatic nitrogens is 3. The lowest BCUT2D eigenvalue weighted by Crippen LogP contribution is -2.35. The first-order valence-electron chi connectivity index (χ1n) is 10.4. The van der Waals surface area contributed by atoms with Crippen molar-refractivity contribution in [2.24, 2.45) is 0 Å². The van der Waals surface area contributed by atoms with Gasteiger partial charge in [-0.2, -0.15) is 13.2 Å². The molecule has 3 heterocycles. The second kappa shape index (κ2) is 8.57. The molecule has 5 rings (SSSR count). The lowest BCUT2D eigenvalue weighted by Gasteiger charge is -2.27. The van der Waals surface area contributed by atoms with Gasteiger partial charge in [0.1, 0.15) is 10.8 Å². The molecule has 0 fully saturated rings. The van der Waals surface area contributed by atoms with Gasteiger partial charge in [0.15, 0.2) is 0 Å². The SMILES string of the molecule is O=c1[nH]c(-c2ccc(C(F)(F)F)cc2)nc2c1CN(Cc1cnc(-c3ccccc3)s1)CC2. The van der Waals surface area contributed by atoms with E-state index >= 15 is 0 Å². The highest BCUT2D eigenvalue weighted by Crippen LogP contribution is 2.31. The molecular formula is C24H19F3N4OS. The molecule has 168 valence electrons. The van der Waals surface area contributed by atoms with Gasteiger partial charge in [-0.1, -0.05) is 42.5 Å². The van der Waals surface area contributed by atoms with Gasteiger partial charge in [0.2, 0.25) is 0 Å². The molecule has 5 nitrogen and oxygen atoms in total. The number of fused-ring (bicyclic) bond motifs is 1. The average Bonchev–Trinajstić information content (AvgIpc) is 3.28. The van der Waals surface area contributed by atoms with E-state index in [4.69, 9.17) is 0 Å². The van der Waals surface area contributed by atoms with Crippen molar-refractivity contribution in [1.29, 1.82) is 0 Å². The van der Waals surface area contributed by atoms with Gasteiger partial charge in [0, 0.05) is 48.3 Å². The molecule has 0 saturated carbocycles. The molecule has 2 aromatic carbocycles. The normalized spacial score (nSPS) is 14.3. The Labute approximate surface area is 191 Å². The van der Waals surface area contributed by atoms with Crippen LogP contribution in [0.25, 0.3) is 22.0 Å². The van der Waals surface area contributed by atoms with Crippen LogP contribution in [0.3, 0.4) is 0 Å². The standard InChI is InChI=1S/C24H19F3N4OS/c25-24(26,27)17-8-6-15(7-9-17)21-29-20-10-11-31(14-19(20)22(32)30-21)13-18-12-28-23(33-18)16-4-2-1-3-5-16/h1-9,12H,10-11,13-14H2,(H,29,30,32). The Morgan fingerprint density at radius 2 is 1.79 bits per heavy atom. The van der Waals surface area contributed by atoms with Gasteiger partial charge in [-0.3, -0.25) is 9.69 Å². The van der Waals surface area contributed by atoms with E-state index in [-0.39, 0.29) is 11.4 Å². The second-order valence-electron chi connectivity index (χ2n) is 7.87. The number of rotatable bonds is 4. The molecule has 0 aliphatic carbocycles. The minimum atomic E-state index is -4.40. The largest absolute Gasteiger partial charge is 0.416 e. The fourth-order valence-corrected chi connectivity index (χ4v) is 4.85. The number of thiazole rings is 1. The van der Waals surface area contributed by atoms with E-state index in [9.17, 15) is 18.0 Å².